The molecule has 1 saturated carbocycles. The molecule has 1 aromatic heterocycles. The van der Waals surface area contributed by atoms with Gasteiger partial charge in [-0.2, -0.15) is 0 Å². The Morgan fingerprint density at radius 1 is 1.32 bits per heavy atom. The highest BCUT2D eigenvalue weighted by atomic mass is 127. The first-order valence-corrected chi connectivity index (χ1v) is 8.20. The van der Waals surface area contributed by atoms with E-state index in [0.29, 0.717) is 6.04 Å². The molecular formula is C16H21IN4S. The summed E-state index contributed by atoms with van der Waals surface area (Å²) >= 11 is 1.70. The molecule has 1 aliphatic rings. The molecule has 118 valence electrons. The molecule has 1 heterocycles. The van der Waals surface area contributed by atoms with E-state index in [-0.39, 0.29) is 24.0 Å². The van der Waals surface area contributed by atoms with Crippen LogP contribution in [0.3, 0.4) is 0 Å². The van der Waals surface area contributed by atoms with Crippen molar-refractivity contribution in [2.24, 2.45) is 4.99 Å². The molecule has 0 atom stereocenters. The summed E-state index contributed by atoms with van der Waals surface area (Å²) in [6.45, 7) is 0.852. The first-order chi connectivity index (χ1) is 10.3. The molecule has 0 unspecified atom stereocenters. The Bertz CT molecular complexity index is 608. The molecular weight excluding hydrogens is 407 g/mol. The Morgan fingerprint density at radius 2 is 2.09 bits per heavy atom. The number of benzene rings is 1. The third-order valence-corrected chi connectivity index (χ3v) is 4.33. The van der Waals surface area contributed by atoms with Crippen LogP contribution in [0.5, 0.6) is 0 Å². The molecule has 1 fully saturated rings. The Morgan fingerprint density at radius 3 is 2.77 bits per heavy atom. The maximum absolute atomic E-state index is 4.69. The highest BCUT2D eigenvalue weighted by Gasteiger charge is 2.21. The molecule has 4 nitrogen and oxygen atoms in total. The van der Waals surface area contributed by atoms with Crippen LogP contribution in [0, 0.1) is 0 Å². The molecule has 22 heavy (non-hydrogen) atoms. The van der Waals surface area contributed by atoms with Crippen LogP contribution in [0.4, 0.5) is 0 Å². The summed E-state index contributed by atoms with van der Waals surface area (Å²) < 4.78 is 0. The smallest absolute Gasteiger partial charge is 0.191 e. The highest BCUT2D eigenvalue weighted by Crippen LogP contribution is 2.23. The SMILES string of the molecule is CN=C(NCCc1csc(-c2ccccc2)n1)NC1CC1.I. The van der Waals surface area contributed by atoms with E-state index in [4.69, 9.17) is 4.98 Å². The Balaban J connectivity index is 0.00000176. The molecule has 0 spiro atoms. The van der Waals surface area contributed by atoms with Crippen LogP contribution >= 0.6 is 35.3 Å². The topological polar surface area (TPSA) is 49.3 Å². The van der Waals surface area contributed by atoms with E-state index in [2.05, 4.69) is 33.1 Å². The van der Waals surface area contributed by atoms with Gasteiger partial charge in [-0.25, -0.2) is 4.98 Å². The predicted molar refractivity (Wildman–Crippen MR) is 104 cm³/mol. The van der Waals surface area contributed by atoms with Gasteiger partial charge in [0.05, 0.1) is 5.69 Å². The lowest BCUT2D eigenvalue weighted by Crippen LogP contribution is -2.39. The monoisotopic (exact) mass is 428 g/mol. The minimum absolute atomic E-state index is 0. The van der Waals surface area contributed by atoms with Gasteiger partial charge >= 0.3 is 0 Å². The first-order valence-electron chi connectivity index (χ1n) is 7.32. The molecule has 3 rings (SSSR count). The van der Waals surface area contributed by atoms with E-state index in [0.717, 1.165) is 29.6 Å². The maximum Gasteiger partial charge on any atom is 0.191 e. The average Bonchev–Trinajstić information content (AvgIpc) is 3.22. The zero-order valence-electron chi connectivity index (χ0n) is 12.6. The number of halogens is 1. The lowest BCUT2D eigenvalue weighted by Gasteiger charge is -2.10. The lowest BCUT2D eigenvalue weighted by molar-refractivity contribution is 0.785. The van der Waals surface area contributed by atoms with Crippen molar-refractivity contribution in [3.63, 3.8) is 0 Å². The number of guanidine groups is 1. The van der Waals surface area contributed by atoms with Crippen LogP contribution in [0.2, 0.25) is 0 Å². The van der Waals surface area contributed by atoms with Gasteiger partial charge in [0.2, 0.25) is 0 Å². The van der Waals surface area contributed by atoms with Crippen LogP contribution in [0.15, 0.2) is 40.7 Å². The van der Waals surface area contributed by atoms with Crippen molar-refractivity contribution in [3.8, 4) is 10.6 Å². The van der Waals surface area contributed by atoms with E-state index in [9.17, 15) is 0 Å². The summed E-state index contributed by atoms with van der Waals surface area (Å²) in [6, 6.07) is 10.9. The van der Waals surface area contributed by atoms with Crippen LogP contribution in [-0.2, 0) is 6.42 Å². The van der Waals surface area contributed by atoms with E-state index < -0.39 is 0 Å². The Hall–Kier alpha value is -1.15. The Labute approximate surface area is 152 Å². The minimum atomic E-state index is 0. The fourth-order valence-electron chi connectivity index (χ4n) is 2.06. The van der Waals surface area contributed by atoms with E-state index in [1.165, 1.54) is 18.4 Å². The van der Waals surface area contributed by atoms with Gasteiger partial charge in [-0.3, -0.25) is 4.99 Å². The number of nitrogens with one attached hydrogen (secondary N) is 2. The fourth-order valence-corrected chi connectivity index (χ4v) is 2.92. The number of thiazole rings is 1. The predicted octanol–water partition coefficient (Wildman–Crippen LogP) is 3.30. The van der Waals surface area contributed by atoms with Crippen molar-refractivity contribution in [3.05, 3.63) is 41.4 Å². The van der Waals surface area contributed by atoms with Crippen molar-refractivity contribution in [1.29, 1.82) is 0 Å². The first kappa shape index (κ1) is 17.2. The van der Waals surface area contributed by atoms with Crippen LogP contribution in [0.1, 0.15) is 18.5 Å². The van der Waals surface area contributed by atoms with Crippen LogP contribution in [-0.4, -0.2) is 30.6 Å². The van der Waals surface area contributed by atoms with Gasteiger partial charge in [-0.05, 0) is 12.8 Å². The van der Waals surface area contributed by atoms with E-state index >= 15 is 0 Å². The number of hydrogen-bond donors (Lipinski definition) is 2. The standard InChI is InChI=1S/C16H20N4S.HI/c1-17-16(20-13-7-8-13)18-10-9-14-11-21-15(19-14)12-5-3-2-4-6-12;/h2-6,11,13H,7-10H2,1H3,(H2,17,18,20);1H. The molecule has 0 radical (unpaired) electrons. The number of aliphatic imine (C=N–C) groups is 1. The van der Waals surface area contributed by atoms with Gasteiger partial charge in [0.1, 0.15) is 5.01 Å². The molecule has 6 heteroatoms. The summed E-state index contributed by atoms with van der Waals surface area (Å²) in [4.78, 5) is 8.92. The van der Waals surface area contributed by atoms with E-state index in [1.54, 1.807) is 11.3 Å². The summed E-state index contributed by atoms with van der Waals surface area (Å²) in [6.07, 6.45) is 3.43. The second-order valence-corrected chi connectivity index (χ2v) is 6.04. The van der Waals surface area contributed by atoms with Crippen molar-refractivity contribution >= 4 is 41.3 Å². The Kier molecular flexibility index (Phi) is 6.63. The molecule has 0 saturated heterocycles. The van der Waals surface area contributed by atoms with Gasteiger partial charge in [0.25, 0.3) is 0 Å². The largest absolute Gasteiger partial charge is 0.356 e. The third-order valence-electron chi connectivity index (χ3n) is 3.39. The van der Waals surface area contributed by atoms with Crippen LogP contribution < -0.4 is 10.6 Å². The van der Waals surface area contributed by atoms with Crippen LogP contribution in [0.25, 0.3) is 10.6 Å². The minimum Gasteiger partial charge on any atom is -0.356 e. The molecule has 1 aliphatic carbocycles. The zero-order valence-corrected chi connectivity index (χ0v) is 15.7. The van der Waals surface area contributed by atoms with Crippen molar-refractivity contribution < 1.29 is 0 Å². The third kappa shape index (κ3) is 4.95. The summed E-state index contributed by atoms with van der Waals surface area (Å²) in [7, 11) is 1.81. The summed E-state index contributed by atoms with van der Waals surface area (Å²) in [5.41, 5.74) is 2.32. The van der Waals surface area contributed by atoms with Crippen molar-refractivity contribution in [2.45, 2.75) is 25.3 Å². The fraction of sp³-hybridized carbons (Fsp3) is 0.375. The molecule has 2 aromatic rings. The number of aromatic nitrogens is 1. The van der Waals surface area contributed by atoms with Gasteiger partial charge in [-0.15, -0.1) is 35.3 Å². The number of rotatable bonds is 5. The molecule has 2 N–H and O–H groups in total. The van der Waals surface area contributed by atoms with Crippen molar-refractivity contribution in [2.75, 3.05) is 13.6 Å². The quantitative estimate of drug-likeness (QED) is 0.437. The van der Waals surface area contributed by atoms with Gasteiger partial charge in [0, 0.05) is 37.0 Å². The molecule has 1 aromatic carbocycles. The van der Waals surface area contributed by atoms with Gasteiger partial charge in [0.15, 0.2) is 5.96 Å². The highest BCUT2D eigenvalue weighted by molar-refractivity contribution is 14.0. The molecule has 0 amide bonds. The zero-order chi connectivity index (χ0) is 14.5. The maximum atomic E-state index is 4.69. The van der Waals surface area contributed by atoms with Gasteiger partial charge < -0.3 is 10.6 Å². The molecule has 0 bridgehead atoms. The van der Waals surface area contributed by atoms with Crippen molar-refractivity contribution in [1.82, 2.24) is 15.6 Å². The number of nitrogens with zero attached hydrogens (tertiary/aromatic N) is 2. The number of hydrogen-bond acceptors (Lipinski definition) is 3. The summed E-state index contributed by atoms with van der Waals surface area (Å²) in [5, 5.41) is 9.95. The second kappa shape index (κ2) is 8.47. The van der Waals surface area contributed by atoms with Gasteiger partial charge in [-0.1, -0.05) is 30.3 Å². The average molecular weight is 428 g/mol. The lowest BCUT2D eigenvalue weighted by atomic mass is 10.2. The summed E-state index contributed by atoms with van der Waals surface area (Å²) in [5.74, 6) is 0.899. The van der Waals surface area contributed by atoms with E-state index in [1.807, 2.05) is 25.2 Å². The second-order valence-electron chi connectivity index (χ2n) is 5.18. The normalized spacial score (nSPS) is 14.3. The molecule has 0 aliphatic heterocycles.